The van der Waals surface area contributed by atoms with Crippen LogP contribution in [0.15, 0.2) is 66.7 Å². The summed E-state index contributed by atoms with van der Waals surface area (Å²) in [6, 6.07) is 20.5. The van der Waals surface area contributed by atoms with E-state index in [0.717, 1.165) is 12.0 Å². The summed E-state index contributed by atoms with van der Waals surface area (Å²) in [5.41, 5.74) is 3.05. The Hall–Kier alpha value is -2.55. The van der Waals surface area contributed by atoms with Gasteiger partial charge in [-0.15, -0.1) is 0 Å². The van der Waals surface area contributed by atoms with Crippen LogP contribution in [0.4, 0.5) is 4.79 Å². The maximum atomic E-state index is 12.7. The van der Waals surface area contributed by atoms with Crippen LogP contribution in [-0.4, -0.2) is 29.2 Å². The van der Waals surface area contributed by atoms with Crippen molar-refractivity contribution in [2.24, 2.45) is 0 Å². The lowest BCUT2D eigenvalue weighted by Gasteiger charge is -2.28. The molecule has 2 aromatic rings. The first-order chi connectivity index (χ1) is 11.9. The standard InChI is InChI=1S/C22H25NO2/c1-22(2,3)25-21(24)23-16-19(18-12-8-5-9-13-18)15-20(23)14-17-10-6-4-7-11-17/h4-13,15,20H,14,16H2,1-3H3/t20-/m0/s1. The largest absolute Gasteiger partial charge is 0.444 e. The Balaban J connectivity index is 1.84. The number of amides is 1. The molecule has 1 amide bonds. The molecule has 0 aromatic heterocycles. The lowest BCUT2D eigenvalue weighted by Crippen LogP contribution is -2.41. The summed E-state index contributed by atoms with van der Waals surface area (Å²) in [6.45, 7) is 6.28. The molecule has 0 N–H and O–H groups in total. The highest BCUT2D eigenvalue weighted by Crippen LogP contribution is 2.28. The average Bonchev–Trinajstić information content (AvgIpc) is 2.99. The third-order valence-corrected chi connectivity index (χ3v) is 4.19. The van der Waals surface area contributed by atoms with Crippen LogP contribution >= 0.6 is 0 Å². The number of ether oxygens (including phenoxy) is 1. The highest BCUT2D eigenvalue weighted by atomic mass is 16.6. The second-order valence-electron chi connectivity index (χ2n) is 7.42. The number of benzene rings is 2. The van der Waals surface area contributed by atoms with Crippen molar-refractivity contribution in [1.82, 2.24) is 4.90 Å². The van der Waals surface area contributed by atoms with Gasteiger partial charge in [0, 0.05) is 6.54 Å². The van der Waals surface area contributed by atoms with E-state index in [-0.39, 0.29) is 12.1 Å². The maximum absolute atomic E-state index is 12.7. The molecule has 0 aliphatic carbocycles. The monoisotopic (exact) mass is 335 g/mol. The van der Waals surface area contributed by atoms with Crippen LogP contribution in [0, 0.1) is 0 Å². The summed E-state index contributed by atoms with van der Waals surface area (Å²) in [4.78, 5) is 14.5. The zero-order chi connectivity index (χ0) is 17.9. The second-order valence-corrected chi connectivity index (χ2v) is 7.42. The molecule has 1 heterocycles. The minimum atomic E-state index is -0.496. The summed E-state index contributed by atoms with van der Waals surface area (Å²) in [7, 11) is 0. The van der Waals surface area contributed by atoms with Gasteiger partial charge < -0.3 is 4.74 Å². The Labute approximate surface area is 149 Å². The fourth-order valence-corrected chi connectivity index (χ4v) is 3.06. The van der Waals surface area contributed by atoms with E-state index in [0.29, 0.717) is 6.54 Å². The molecule has 1 aliphatic rings. The first-order valence-electron chi connectivity index (χ1n) is 8.72. The summed E-state index contributed by atoms with van der Waals surface area (Å²) in [5, 5.41) is 0. The smallest absolute Gasteiger partial charge is 0.411 e. The van der Waals surface area contributed by atoms with E-state index in [9.17, 15) is 4.79 Å². The number of carbonyl (C=O) groups excluding carboxylic acids is 1. The normalized spacial score (nSPS) is 17.3. The Morgan fingerprint density at radius 2 is 1.64 bits per heavy atom. The Morgan fingerprint density at radius 3 is 2.24 bits per heavy atom. The second kappa shape index (κ2) is 7.14. The van der Waals surface area contributed by atoms with Gasteiger partial charge in [0.25, 0.3) is 0 Å². The lowest BCUT2D eigenvalue weighted by molar-refractivity contribution is 0.0244. The van der Waals surface area contributed by atoms with Gasteiger partial charge in [-0.3, -0.25) is 4.90 Å². The molecule has 130 valence electrons. The van der Waals surface area contributed by atoms with Crippen LogP contribution in [0.2, 0.25) is 0 Å². The predicted octanol–water partition coefficient (Wildman–Crippen LogP) is 4.93. The van der Waals surface area contributed by atoms with Crippen molar-refractivity contribution >= 4 is 11.7 Å². The number of hydrogen-bond acceptors (Lipinski definition) is 2. The van der Waals surface area contributed by atoms with Gasteiger partial charge in [-0.1, -0.05) is 66.7 Å². The molecule has 0 radical (unpaired) electrons. The number of rotatable bonds is 3. The molecule has 3 heteroatoms. The van der Waals surface area contributed by atoms with E-state index in [1.54, 1.807) is 0 Å². The molecule has 25 heavy (non-hydrogen) atoms. The molecule has 0 unspecified atom stereocenters. The Kier molecular flexibility index (Phi) is 4.93. The van der Waals surface area contributed by atoms with Crippen LogP contribution in [-0.2, 0) is 11.2 Å². The molecule has 2 aromatic carbocycles. The summed E-state index contributed by atoms with van der Waals surface area (Å²) in [5.74, 6) is 0. The summed E-state index contributed by atoms with van der Waals surface area (Å²) < 4.78 is 5.63. The van der Waals surface area contributed by atoms with E-state index in [2.05, 4.69) is 30.3 Å². The van der Waals surface area contributed by atoms with Crippen LogP contribution in [0.5, 0.6) is 0 Å². The average molecular weight is 335 g/mol. The third kappa shape index (κ3) is 4.50. The predicted molar refractivity (Wildman–Crippen MR) is 101 cm³/mol. The van der Waals surface area contributed by atoms with Gasteiger partial charge in [-0.25, -0.2) is 4.79 Å². The topological polar surface area (TPSA) is 29.5 Å². The minimum absolute atomic E-state index is 0.00690. The van der Waals surface area contributed by atoms with Crippen molar-refractivity contribution in [1.29, 1.82) is 0 Å². The van der Waals surface area contributed by atoms with E-state index in [1.165, 1.54) is 11.1 Å². The quantitative estimate of drug-likeness (QED) is 0.796. The Bertz CT molecular complexity index is 745. The molecule has 3 rings (SSSR count). The van der Waals surface area contributed by atoms with Crippen molar-refractivity contribution in [2.45, 2.75) is 38.8 Å². The van der Waals surface area contributed by atoms with Gasteiger partial charge in [0.15, 0.2) is 0 Å². The number of carbonyl (C=O) groups is 1. The lowest BCUT2D eigenvalue weighted by atomic mass is 10.0. The van der Waals surface area contributed by atoms with E-state index < -0.39 is 5.60 Å². The molecule has 1 aliphatic heterocycles. The van der Waals surface area contributed by atoms with E-state index >= 15 is 0 Å². The minimum Gasteiger partial charge on any atom is -0.444 e. The van der Waals surface area contributed by atoms with Gasteiger partial charge in [0.2, 0.25) is 0 Å². The maximum Gasteiger partial charge on any atom is 0.411 e. The highest BCUT2D eigenvalue weighted by molar-refractivity contribution is 5.78. The first kappa shape index (κ1) is 17.3. The van der Waals surface area contributed by atoms with Crippen molar-refractivity contribution in [3.63, 3.8) is 0 Å². The molecular weight excluding hydrogens is 310 g/mol. The van der Waals surface area contributed by atoms with Crippen LogP contribution in [0.25, 0.3) is 5.57 Å². The molecular formula is C22H25NO2. The zero-order valence-electron chi connectivity index (χ0n) is 15.1. The van der Waals surface area contributed by atoms with Crippen LogP contribution in [0.1, 0.15) is 31.9 Å². The van der Waals surface area contributed by atoms with Crippen molar-refractivity contribution < 1.29 is 9.53 Å². The molecule has 3 nitrogen and oxygen atoms in total. The fraction of sp³-hybridized carbons (Fsp3) is 0.318. The summed E-state index contributed by atoms with van der Waals surface area (Å²) in [6.07, 6.45) is 2.73. The van der Waals surface area contributed by atoms with Crippen molar-refractivity contribution in [3.8, 4) is 0 Å². The fourth-order valence-electron chi connectivity index (χ4n) is 3.06. The van der Waals surface area contributed by atoms with Gasteiger partial charge in [-0.2, -0.15) is 0 Å². The van der Waals surface area contributed by atoms with Crippen molar-refractivity contribution in [3.05, 3.63) is 77.9 Å². The van der Waals surface area contributed by atoms with E-state index in [4.69, 9.17) is 4.74 Å². The summed E-state index contributed by atoms with van der Waals surface area (Å²) >= 11 is 0. The zero-order valence-corrected chi connectivity index (χ0v) is 15.1. The van der Waals surface area contributed by atoms with E-state index in [1.807, 2.05) is 62.1 Å². The molecule has 1 atom stereocenters. The van der Waals surface area contributed by atoms with Gasteiger partial charge in [-0.05, 0) is 43.9 Å². The molecule has 0 fully saturated rings. The van der Waals surface area contributed by atoms with Gasteiger partial charge in [0.05, 0.1) is 6.04 Å². The number of hydrogen-bond donors (Lipinski definition) is 0. The third-order valence-electron chi connectivity index (χ3n) is 4.19. The highest BCUT2D eigenvalue weighted by Gasteiger charge is 2.32. The molecule has 0 spiro atoms. The van der Waals surface area contributed by atoms with Gasteiger partial charge >= 0.3 is 6.09 Å². The van der Waals surface area contributed by atoms with Crippen molar-refractivity contribution in [2.75, 3.05) is 6.54 Å². The SMILES string of the molecule is CC(C)(C)OC(=O)N1CC(c2ccccc2)=C[C@@H]1Cc1ccccc1. The Morgan fingerprint density at radius 1 is 1.04 bits per heavy atom. The van der Waals surface area contributed by atoms with Crippen LogP contribution < -0.4 is 0 Å². The molecule has 0 saturated carbocycles. The first-order valence-corrected chi connectivity index (χ1v) is 8.72. The molecule has 0 bridgehead atoms. The molecule has 0 saturated heterocycles. The van der Waals surface area contributed by atoms with Crippen LogP contribution in [0.3, 0.4) is 0 Å². The number of nitrogens with zero attached hydrogens (tertiary/aromatic N) is 1. The van der Waals surface area contributed by atoms with Gasteiger partial charge in [0.1, 0.15) is 5.60 Å².